The number of hydrogen-bond acceptors (Lipinski definition) is 8. The minimum atomic E-state index is -2.66. The summed E-state index contributed by atoms with van der Waals surface area (Å²) in [6, 6.07) is 2.44. The number of pyridine rings is 1. The van der Waals surface area contributed by atoms with E-state index in [1.165, 1.54) is 6.08 Å². The third-order valence-corrected chi connectivity index (χ3v) is 8.28. The van der Waals surface area contributed by atoms with Gasteiger partial charge < -0.3 is 19.9 Å². The summed E-state index contributed by atoms with van der Waals surface area (Å²) in [5, 5.41) is 11.7. The maximum atomic E-state index is 14.1. The average molecular weight is 498 g/mol. The fraction of sp³-hybridized carbons (Fsp3) is 0.577. The summed E-state index contributed by atoms with van der Waals surface area (Å²) in [4.78, 5) is 11.3. The van der Waals surface area contributed by atoms with Gasteiger partial charge >= 0.3 is 0 Å². The lowest BCUT2D eigenvalue weighted by Crippen LogP contribution is -2.63. The zero-order valence-corrected chi connectivity index (χ0v) is 20.7. The highest BCUT2D eigenvalue weighted by Crippen LogP contribution is 2.46. The summed E-state index contributed by atoms with van der Waals surface area (Å²) in [5.41, 5.74) is 3.86. The maximum Gasteiger partial charge on any atom is 0.281 e. The predicted molar refractivity (Wildman–Crippen MR) is 134 cm³/mol. The highest BCUT2D eigenvalue weighted by Gasteiger charge is 2.45. The molecule has 0 unspecified atom stereocenters. The van der Waals surface area contributed by atoms with Crippen LogP contribution in [0, 0.1) is 6.92 Å². The third-order valence-electron chi connectivity index (χ3n) is 8.28. The number of aromatic nitrogens is 3. The van der Waals surface area contributed by atoms with Crippen LogP contribution in [0.1, 0.15) is 47.3 Å². The molecule has 1 N–H and O–H groups in total. The van der Waals surface area contributed by atoms with E-state index in [2.05, 4.69) is 41.8 Å². The summed E-state index contributed by atoms with van der Waals surface area (Å²) in [6.07, 6.45) is 2.17. The van der Waals surface area contributed by atoms with Gasteiger partial charge in [0.2, 0.25) is 0 Å². The van der Waals surface area contributed by atoms with Gasteiger partial charge in [-0.25, -0.2) is 13.8 Å². The lowest BCUT2D eigenvalue weighted by Gasteiger charge is -2.48. The number of halogens is 2. The van der Waals surface area contributed by atoms with E-state index in [4.69, 9.17) is 4.74 Å². The monoisotopic (exact) mass is 497 g/mol. The van der Waals surface area contributed by atoms with Gasteiger partial charge in [0.25, 0.3) is 6.43 Å². The van der Waals surface area contributed by atoms with Crippen LogP contribution in [0.4, 0.5) is 20.3 Å². The van der Waals surface area contributed by atoms with Gasteiger partial charge in [0.1, 0.15) is 11.5 Å². The summed E-state index contributed by atoms with van der Waals surface area (Å²) in [7, 11) is 0. The first-order chi connectivity index (χ1) is 17.5. The Morgan fingerprint density at radius 1 is 1.17 bits per heavy atom. The third kappa shape index (κ3) is 3.95. The highest BCUT2D eigenvalue weighted by molar-refractivity contribution is 5.73. The first-order valence-corrected chi connectivity index (χ1v) is 12.8. The first-order valence-electron chi connectivity index (χ1n) is 12.8. The van der Waals surface area contributed by atoms with Crippen molar-refractivity contribution in [2.75, 3.05) is 62.2 Å². The molecule has 6 heterocycles. The minimum Gasteiger partial charge on any atom is -0.368 e. The number of hydrogen-bond donors (Lipinski definition) is 1. The lowest BCUT2D eigenvalue weighted by molar-refractivity contribution is -0.0558. The molecule has 36 heavy (non-hydrogen) atoms. The maximum absolute atomic E-state index is 14.1. The molecule has 4 aliphatic heterocycles. The molecule has 0 amide bonds. The normalized spacial score (nSPS) is 22.2. The number of anilines is 2. The van der Waals surface area contributed by atoms with Gasteiger partial charge in [-0.05, 0) is 25.3 Å². The number of rotatable bonds is 5. The predicted octanol–water partition coefficient (Wildman–Crippen LogP) is 2.88. The molecule has 0 radical (unpaired) electrons. The summed E-state index contributed by atoms with van der Waals surface area (Å²) in [5.74, 6) is 0.606. The lowest BCUT2D eigenvalue weighted by atomic mass is 9.83. The smallest absolute Gasteiger partial charge is 0.281 e. The molecule has 10 heteroatoms. The molecule has 0 atom stereocenters. The average Bonchev–Trinajstić information content (AvgIpc) is 3.23. The quantitative estimate of drug-likeness (QED) is 0.677. The van der Waals surface area contributed by atoms with E-state index in [1.807, 2.05) is 13.0 Å². The first kappa shape index (κ1) is 23.7. The van der Waals surface area contributed by atoms with E-state index < -0.39 is 6.43 Å². The van der Waals surface area contributed by atoms with Gasteiger partial charge in [0, 0.05) is 81.3 Å². The minimum absolute atomic E-state index is 0.183. The van der Waals surface area contributed by atoms with Gasteiger partial charge in [-0.2, -0.15) is 10.2 Å². The van der Waals surface area contributed by atoms with Gasteiger partial charge in [0.15, 0.2) is 0 Å². The number of alkyl halides is 2. The van der Waals surface area contributed by atoms with Crippen molar-refractivity contribution in [2.45, 2.75) is 44.4 Å². The van der Waals surface area contributed by atoms with Crippen LogP contribution in [-0.2, 0) is 16.9 Å². The van der Waals surface area contributed by atoms with Crippen molar-refractivity contribution < 1.29 is 13.5 Å². The molecular formula is C26H33F2N7O. The molecule has 0 aromatic carbocycles. The molecule has 2 aromatic heterocycles. The molecule has 2 aromatic rings. The number of piperazine rings is 1. The van der Waals surface area contributed by atoms with E-state index in [1.54, 1.807) is 6.20 Å². The second-order valence-electron chi connectivity index (χ2n) is 10.3. The summed E-state index contributed by atoms with van der Waals surface area (Å²) < 4.78 is 34.6. The topological polar surface area (TPSA) is 69.7 Å². The molecule has 3 fully saturated rings. The Morgan fingerprint density at radius 3 is 2.61 bits per heavy atom. The SMILES string of the molecule is C=Cc1c(N2CC(N3CCNCC3)C2)cc(N2CCC3(CC2)OCc2nncc(C)c23)nc1C(F)F. The molecule has 6 rings (SSSR count). The second kappa shape index (κ2) is 9.32. The van der Waals surface area contributed by atoms with Gasteiger partial charge in [-0.3, -0.25) is 4.90 Å². The summed E-state index contributed by atoms with van der Waals surface area (Å²) in [6.45, 7) is 13.4. The molecule has 4 aliphatic rings. The van der Waals surface area contributed by atoms with Crippen molar-refractivity contribution >= 4 is 17.6 Å². The van der Waals surface area contributed by atoms with Gasteiger partial charge in [-0.1, -0.05) is 12.7 Å². The van der Waals surface area contributed by atoms with Gasteiger partial charge in [-0.15, -0.1) is 0 Å². The van der Waals surface area contributed by atoms with Crippen molar-refractivity contribution in [3.63, 3.8) is 0 Å². The number of ether oxygens (including phenoxy) is 1. The largest absolute Gasteiger partial charge is 0.368 e. The number of nitrogens with one attached hydrogen (secondary N) is 1. The Kier molecular flexibility index (Phi) is 6.13. The zero-order valence-electron chi connectivity index (χ0n) is 20.7. The molecule has 0 aliphatic carbocycles. The van der Waals surface area contributed by atoms with Crippen LogP contribution in [0.3, 0.4) is 0 Å². The Morgan fingerprint density at radius 2 is 1.92 bits per heavy atom. The van der Waals surface area contributed by atoms with Crippen LogP contribution in [0.2, 0.25) is 0 Å². The number of nitrogens with zero attached hydrogens (tertiary/aromatic N) is 6. The van der Waals surface area contributed by atoms with Crippen LogP contribution in [0.5, 0.6) is 0 Å². The Labute approximate surface area is 210 Å². The van der Waals surface area contributed by atoms with Crippen molar-refractivity contribution in [3.8, 4) is 0 Å². The number of piperidine rings is 1. The standard InChI is InChI=1S/C26H33F2N7O/c1-3-19-21(35-14-18(15-35)33-10-6-29-7-11-33)12-22(31-24(19)25(27)28)34-8-4-26(5-9-34)23-17(2)13-30-32-20(23)16-36-26/h3,12-13,18,25,29H,1,4-11,14-16H2,2H3. The molecule has 0 saturated carbocycles. The van der Waals surface area contributed by atoms with Crippen LogP contribution in [0.15, 0.2) is 18.8 Å². The van der Waals surface area contributed by atoms with Crippen molar-refractivity contribution in [2.24, 2.45) is 0 Å². The molecular weight excluding hydrogens is 464 g/mol. The highest BCUT2D eigenvalue weighted by atomic mass is 19.3. The Balaban J connectivity index is 1.24. The van der Waals surface area contributed by atoms with Crippen LogP contribution >= 0.6 is 0 Å². The molecule has 8 nitrogen and oxygen atoms in total. The van der Waals surface area contributed by atoms with Crippen molar-refractivity contribution in [1.29, 1.82) is 0 Å². The molecule has 0 bridgehead atoms. The van der Waals surface area contributed by atoms with Gasteiger partial charge in [0.05, 0.1) is 24.1 Å². The van der Waals surface area contributed by atoms with E-state index >= 15 is 0 Å². The zero-order chi connectivity index (χ0) is 24.9. The fourth-order valence-corrected chi connectivity index (χ4v) is 6.30. The molecule has 3 saturated heterocycles. The fourth-order valence-electron chi connectivity index (χ4n) is 6.30. The molecule has 192 valence electrons. The van der Waals surface area contributed by atoms with Crippen LogP contribution in [0.25, 0.3) is 6.08 Å². The van der Waals surface area contributed by atoms with Crippen LogP contribution < -0.4 is 15.1 Å². The number of fused-ring (bicyclic) bond motifs is 2. The van der Waals surface area contributed by atoms with E-state index in [0.717, 1.165) is 74.6 Å². The van der Waals surface area contributed by atoms with Crippen LogP contribution in [-0.4, -0.2) is 78.5 Å². The molecule has 1 spiro atoms. The summed E-state index contributed by atoms with van der Waals surface area (Å²) >= 11 is 0. The van der Waals surface area contributed by atoms with E-state index in [0.29, 0.717) is 37.1 Å². The Hall–Kier alpha value is -2.69. The van der Waals surface area contributed by atoms with E-state index in [-0.39, 0.29) is 11.3 Å². The number of aryl methyl sites for hydroxylation is 1. The Bertz CT molecular complexity index is 1140. The second-order valence-corrected chi connectivity index (χ2v) is 10.3. The van der Waals surface area contributed by atoms with E-state index in [9.17, 15) is 8.78 Å². The van der Waals surface area contributed by atoms with Crippen molar-refractivity contribution in [3.05, 3.63) is 46.9 Å². The van der Waals surface area contributed by atoms with Crippen molar-refractivity contribution in [1.82, 2.24) is 25.4 Å².